The second kappa shape index (κ2) is 7.73. The van der Waals surface area contributed by atoms with Gasteiger partial charge in [0, 0.05) is 18.0 Å². The molecule has 4 bridgehead atoms. The molecule has 5 heteroatoms. The molecule has 0 aliphatic heterocycles. The molecule has 4 atom stereocenters. The van der Waals surface area contributed by atoms with Gasteiger partial charge in [-0.1, -0.05) is 30.3 Å². The van der Waals surface area contributed by atoms with E-state index >= 15 is 0 Å². The molecular weight excluding hydrogens is 403 g/mol. The van der Waals surface area contributed by atoms with Crippen LogP contribution in [0.2, 0.25) is 0 Å². The fraction of sp³-hybridized carbons (Fsp3) is 0.708. The number of carbonyl (C=O) groups excluding carboxylic acids is 1. The number of nitrogens with two attached hydrogens (primary N) is 1. The first kappa shape index (κ1) is 21.5. The van der Waals surface area contributed by atoms with E-state index in [0.29, 0.717) is 29.8 Å². The molecule has 1 aromatic carbocycles. The standard InChI is InChI=1S/C24H33ClN2O.ClH/c25-16-22-10-17-11-23(13-22,18-4-2-1-3-5-18)15-24(12-17,14-22)21(28)27-20-8-6-19(26)7-9-20;/h1-5,17,19-20H,6-16,26H2,(H,27,28);1H. The molecular formula is C24H34Cl2N2O. The van der Waals surface area contributed by atoms with E-state index in [1.165, 1.54) is 18.4 Å². The number of rotatable bonds is 4. The number of hydrogen-bond donors (Lipinski definition) is 2. The van der Waals surface area contributed by atoms with Crippen LogP contribution in [0.1, 0.15) is 69.8 Å². The molecule has 3 nitrogen and oxygen atoms in total. The van der Waals surface area contributed by atoms with Crippen LogP contribution < -0.4 is 11.1 Å². The van der Waals surface area contributed by atoms with Crippen LogP contribution in [0, 0.1) is 16.7 Å². The molecule has 0 radical (unpaired) electrons. The summed E-state index contributed by atoms with van der Waals surface area (Å²) in [7, 11) is 0. The van der Waals surface area contributed by atoms with Crippen LogP contribution in [0.5, 0.6) is 0 Å². The Kier molecular flexibility index (Phi) is 5.72. The Balaban J connectivity index is 0.00000205. The zero-order valence-electron chi connectivity index (χ0n) is 17.2. The van der Waals surface area contributed by atoms with Crippen LogP contribution in [-0.4, -0.2) is 23.9 Å². The van der Waals surface area contributed by atoms with Gasteiger partial charge in [-0.2, -0.15) is 0 Å². The maximum absolute atomic E-state index is 13.7. The van der Waals surface area contributed by atoms with Gasteiger partial charge < -0.3 is 11.1 Å². The van der Waals surface area contributed by atoms with Crippen molar-refractivity contribution >= 4 is 29.9 Å². The lowest BCUT2D eigenvalue weighted by molar-refractivity contribution is -0.160. The summed E-state index contributed by atoms with van der Waals surface area (Å²) >= 11 is 6.60. The normalized spacial score (nSPS) is 42.9. The van der Waals surface area contributed by atoms with Crippen molar-refractivity contribution in [1.29, 1.82) is 0 Å². The Morgan fingerprint density at radius 3 is 2.45 bits per heavy atom. The third kappa shape index (κ3) is 3.62. The molecule has 0 saturated heterocycles. The number of hydrogen-bond acceptors (Lipinski definition) is 2. The second-order valence-electron chi connectivity index (χ2n) is 10.7. The van der Waals surface area contributed by atoms with Crippen molar-refractivity contribution in [3.8, 4) is 0 Å². The Hall–Kier alpha value is -0.770. The Labute approximate surface area is 185 Å². The van der Waals surface area contributed by atoms with Crippen molar-refractivity contribution in [2.24, 2.45) is 22.5 Å². The first-order valence-electron chi connectivity index (χ1n) is 11.1. The maximum Gasteiger partial charge on any atom is 0.226 e. The van der Waals surface area contributed by atoms with E-state index in [2.05, 4.69) is 35.6 Å². The van der Waals surface area contributed by atoms with Gasteiger partial charge in [0.2, 0.25) is 5.91 Å². The summed E-state index contributed by atoms with van der Waals surface area (Å²) in [6.45, 7) is 0. The molecule has 160 valence electrons. The highest BCUT2D eigenvalue weighted by atomic mass is 35.5. The largest absolute Gasteiger partial charge is 0.353 e. The minimum absolute atomic E-state index is 0. The summed E-state index contributed by atoms with van der Waals surface area (Å²) < 4.78 is 0. The molecule has 29 heavy (non-hydrogen) atoms. The molecule has 5 fully saturated rings. The van der Waals surface area contributed by atoms with Gasteiger partial charge in [-0.3, -0.25) is 4.79 Å². The first-order valence-corrected chi connectivity index (χ1v) is 11.7. The van der Waals surface area contributed by atoms with Gasteiger partial charge in [-0.25, -0.2) is 0 Å². The van der Waals surface area contributed by atoms with Crippen molar-refractivity contribution < 1.29 is 4.79 Å². The van der Waals surface area contributed by atoms with Gasteiger partial charge in [0.25, 0.3) is 0 Å². The van der Waals surface area contributed by atoms with Gasteiger partial charge in [-0.05, 0) is 86.5 Å². The van der Waals surface area contributed by atoms with Crippen molar-refractivity contribution in [1.82, 2.24) is 5.32 Å². The van der Waals surface area contributed by atoms with Gasteiger partial charge in [-0.15, -0.1) is 24.0 Å². The lowest BCUT2D eigenvalue weighted by Crippen LogP contribution is -2.64. The van der Waals surface area contributed by atoms with E-state index in [-0.39, 0.29) is 28.7 Å². The van der Waals surface area contributed by atoms with Crippen molar-refractivity contribution in [3.63, 3.8) is 0 Å². The highest BCUT2D eigenvalue weighted by molar-refractivity contribution is 6.18. The highest BCUT2D eigenvalue weighted by Crippen LogP contribution is 2.70. The van der Waals surface area contributed by atoms with Gasteiger partial charge in [0.1, 0.15) is 0 Å². The molecule has 5 aliphatic carbocycles. The molecule has 3 N–H and O–H groups in total. The molecule has 5 saturated carbocycles. The molecule has 0 spiro atoms. The fourth-order valence-electron chi connectivity index (χ4n) is 7.76. The van der Waals surface area contributed by atoms with Crippen LogP contribution in [0.3, 0.4) is 0 Å². The highest BCUT2D eigenvalue weighted by Gasteiger charge is 2.65. The SMILES string of the molecule is Cl.NC1CCC(NC(=O)C23CC4CC(CCl)(C2)CC(c2ccccc2)(C4)C3)CC1. The van der Waals surface area contributed by atoms with Gasteiger partial charge >= 0.3 is 0 Å². The van der Waals surface area contributed by atoms with E-state index in [1.807, 2.05) is 0 Å². The maximum atomic E-state index is 13.7. The smallest absolute Gasteiger partial charge is 0.226 e. The fourth-order valence-corrected chi connectivity index (χ4v) is 8.05. The minimum Gasteiger partial charge on any atom is -0.353 e. The molecule has 0 heterocycles. The second-order valence-corrected chi connectivity index (χ2v) is 10.9. The average Bonchev–Trinajstić information content (AvgIpc) is 2.69. The monoisotopic (exact) mass is 436 g/mol. The van der Waals surface area contributed by atoms with Gasteiger partial charge in [0.05, 0.1) is 5.41 Å². The summed E-state index contributed by atoms with van der Waals surface area (Å²) in [6, 6.07) is 11.6. The molecule has 1 aromatic rings. The predicted molar refractivity (Wildman–Crippen MR) is 121 cm³/mol. The molecule has 5 aliphatic rings. The summed E-state index contributed by atoms with van der Waals surface area (Å²) in [5, 5.41) is 3.47. The van der Waals surface area contributed by atoms with Crippen molar-refractivity contribution in [2.45, 2.75) is 81.7 Å². The first-order chi connectivity index (χ1) is 13.5. The lowest BCUT2D eigenvalue weighted by atomic mass is 9.38. The van der Waals surface area contributed by atoms with Crippen LogP contribution in [0.25, 0.3) is 0 Å². The van der Waals surface area contributed by atoms with Gasteiger partial charge in [0.15, 0.2) is 0 Å². The molecule has 4 unspecified atom stereocenters. The Morgan fingerprint density at radius 1 is 1.03 bits per heavy atom. The molecule has 6 rings (SSSR count). The number of carbonyl (C=O) groups is 1. The van der Waals surface area contributed by atoms with Crippen LogP contribution in [0.15, 0.2) is 30.3 Å². The minimum atomic E-state index is -0.232. The quantitative estimate of drug-likeness (QED) is 0.656. The predicted octanol–water partition coefficient (Wildman–Crippen LogP) is 4.94. The van der Waals surface area contributed by atoms with E-state index in [0.717, 1.165) is 51.4 Å². The van der Waals surface area contributed by atoms with E-state index in [4.69, 9.17) is 17.3 Å². The van der Waals surface area contributed by atoms with Crippen LogP contribution >= 0.6 is 24.0 Å². The number of halogens is 2. The number of alkyl halides is 1. The summed E-state index contributed by atoms with van der Waals surface area (Å²) in [5.74, 6) is 1.62. The topological polar surface area (TPSA) is 55.1 Å². The summed E-state index contributed by atoms with van der Waals surface area (Å²) in [4.78, 5) is 13.7. The molecule has 1 amide bonds. The van der Waals surface area contributed by atoms with E-state index in [1.54, 1.807) is 0 Å². The number of benzene rings is 1. The van der Waals surface area contributed by atoms with Crippen molar-refractivity contribution in [2.75, 3.05) is 5.88 Å². The lowest BCUT2D eigenvalue weighted by Gasteiger charge is -2.66. The van der Waals surface area contributed by atoms with Crippen LogP contribution in [0.4, 0.5) is 0 Å². The zero-order valence-corrected chi connectivity index (χ0v) is 18.7. The van der Waals surface area contributed by atoms with E-state index < -0.39 is 0 Å². The Bertz CT molecular complexity index is 751. The van der Waals surface area contributed by atoms with Crippen molar-refractivity contribution in [3.05, 3.63) is 35.9 Å². The third-order valence-electron chi connectivity index (χ3n) is 8.44. The summed E-state index contributed by atoms with van der Waals surface area (Å²) in [5.41, 5.74) is 7.51. The average molecular weight is 437 g/mol. The zero-order chi connectivity index (χ0) is 19.4. The van der Waals surface area contributed by atoms with E-state index in [9.17, 15) is 4.79 Å². The number of amides is 1. The van der Waals surface area contributed by atoms with Crippen LogP contribution in [-0.2, 0) is 10.2 Å². The third-order valence-corrected chi connectivity index (χ3v) is 9.01. The number of nitrogens with one attached hydrogen (secondary N) is 1. The summed E-state index contributed by atoms with van der Waals surface area (Å²) in [6.07, 6.45) is 10.7. The Morgan fingerprint density at radius 2 is 1.76 bits per heavy atom. The molecule has 0 aromatic heterocycles.